The predicted molar refractivity (Wildman–Crippen MR) is 237 cm³/mol. The van der Waals surface area contributed by atoms with Crippen LogP contribution in [0.5, 0.6) is 23.0 Å². The maximum atomic E-state index is 6.92. The van der Waals surface area contributed by atoms with Gasteiger partial charge in [-0.1, -0.05) is 170 Å². The van der Waals surface area contributed by atoms with Crippen LogP contribution in [0.15, 0.2) is 206 Å². The number of ether oxygens (including phenoxy) is 2. The molecule has 12 rings (SSSR count). The molecule has 1 aromatic heterocycles. The quantitative estimate of drug-likeness (QED) is 0.164. The highest BCUT2D eigenvalue weighted by Gasteiger charge is 2.48. The van der Waals surface area contributed by atoms with E-state index in [1.54, 1.807) is 0 Å². The third kappa shape index (κ3) is 5.16. The van der Waals surface area contributed by atoms with E-state index in [1.165, 1.54) is 43.8 Å². The number of rotatable bonds is 5. The smallest absolute Gasteiger partial charge is 0.178 e. The van der Waals surface area contributed by atoms with Crippen molar-refractivity contribution >= 4 is 21.5 Å². The largest absolute Gasteiger partial charge is 0.449 e. The standard InChI is InChI=1S/C55H34N2O2/c1-4-15-36(16-5-1)47-34-48(38-26-28-43-37(32-38)25-24-35-14-10-11-21-42(35)43)57-54(56-47)39-27-30-49-51(33-39)58-50-31-29-46-52(53(50)59-49)44-22-12-13-23-45(44)55(46,40-17-6-2-7-18-40)41-19-8-3-9-20-41/h1-34H. The first-order chi connectivity index (χ1) is 29.2. The van der Waals surface area contributed by atoms with Crippen molar-refractivity contribution in [2.75, 3.05) is 0 Å². The van der Waals surface area contributed by atoms with Crippen molar-refractivity contribution in [2.45, 2.75) is 5.41 Å². The minimum absolute atomic E-state index is 0.533. The molecule has 10 aromatic rings. The number of nitrogens with zero attached hydrogens (tertiary/aromatic N) is 2. The maximum absolute atomic E-state index is 6.92. The predicted octanol–water partition coefficient (Wildman–Crippen LogP) is 14.0. The summed E-state index contributed by atoms with van der Waals surface area (Å²) >= 11 is 0. The SMILES string of the molecule is c1ccc(-c2cc(-c3ccc4c(ccc5ccccc54)c3)nc(-c3ccc4c(c3)Oc3ccc5c(c3O4)-c3ccccc3C5(c3ccccc3)c3ccccc3)n2)cc1. The Kier molecular flexibility index (Phi) is 7.41. The Morgan fingerprint density at radius 2 is 1.00 bits per heavy atom. The topological polar surface area (TPSA) is 44.2 Å². The Morgan fingerprint density at radius 3 is 1.80 bits per heavy atom. The molecule has 0 bridgehead atoms. The maximum Gasteiger partial charge on any atom is 0.178 e. The molecule has 0 radical (unpaired) electrons. The molecule has 0 N–H and O–H groups in total. The van der Waals surface area contributed by atoms with Gasteiger partial charge in [0, 0.05) is 22.3 Å². The van der Waals surface area contributed by atoms with Gasteiger partial charge in [0.05, 0.1) is 16.8 Å². The van der Waals surface area contributed by atoms with Crippen LogP contribution >= 0.6 is 0 Å². The zero-order chi connectivity index (χ0) is 38.9. The third-order valence-electron chi connectivity index (χ3n) is 12.0. The van der Waals surface area contributed by atoms with Crippen LogP contribution in [0.25, 0.3) is 66.6 Å². The normalized spacial score (nSPS) is 13.2. The molecular formula is C55H34N2O2. The van der Waals surface area contributed by atoms with Crippen molar-refractivity contribution in [3.8, 4) is 68.0 Å². The summed E-state index contributed by atoms with van der Waals surface area (Å²) in [7, 11) is 0. The van der Waals surface area contributed by atoms with Crippen LogP contribution < -0.4 is 9.47 Å². The van der Waals surface area contributed by atoms with Crippen LogP contribution in [0.1, 0.15) is 22.3 Å². The van der Waals surface area contributed by atoms with E-state index in [2.05, 4.69) is 170 Å². The molecule has 9 aromatic carbocycles. The number of fused-ring (bicyclic) bond motifs is 9. The van der Waals surface area contributed by atoms with Crippen LogP contribution in [0.4, 0.5) is 0 Å². The monoisotopic (exact) mass is 754 g/mol. The van der Waals surface area contributed by atoms with Crippen LogP contribution in [-0.4, -0.2) is 9.97 Å². The van der Waals surface area contributed by atoms with Gasteiger partial charge in [-0.05, 0) is 85.8 Å². The van der Waals surface area contributed by atoms with Crippen molar-refractivity contribution in [3.63, 3.8) is 0 Å². The lowest BCUT2D eigenvalue weighted by Gasteiger charge is -2.34. The van der Waals surface area contributed by atoms with E-state index < -0.39 is 5.41 Å². The van der Waals surface area contributed by atoms with Crippen molar-refractivity contribution in [2.24, 2.45) is 0 Å². The average molecular weight is 755 g/mol. The summed E-state index contributed by atoms with van der Waals surface area (Å²) in [5.41, 5.74) is 11.0. The second-order valence-corrected chi connectivity index (χ2v) is 15.3. The van der Waals surface area contributed by atoms with Crippen LogP contribution in [0.3, 0.4) is 0 Å². The van der Waals surface area contributed by atoms with Gasteiger partial charge in [-0.25, -0.2) is 9.97 Å². The zero-order valence-electron chi connectivity index (χ0n) is 31.8. The fourth-order valence-corrected chi connectivity index (χ4v) is 9.36. The molecule has 0 amide bonds. The van der Waals surface area contributed by atoms with Crippen LogP contribution in [0.2, 0.25) is 0 Å². The summed E-state index contributed by atoms with van der Waals surface area (Å²) in [5, 5.41) is 4.85. The minimum atomic E-state index is -0.533. The lowest BCUT2D eigenvalue weighted by molar-refractivity contribution is 0.360. The number of aromatic nitrogens is 2. The van der Waals surface area contributed by atoms with Crippen LogP contribution in [-0.2, 0) is 5.41 Å². The van der Waals surface area contributed by atoms with E-state index in [0.717, 1.165) is 45.0 Å². The molecule has 0 fully saturated rings. The van der Waals surface area contributed by atoms with Gasteiger partial charge in [-0.2, -0.15) is 0 Å². The van der Waals surface area contributed by atoms with E-state index in [1.807, 2.05) is 36.4 Å². The van der Waals surface area contributed by atoms with E-state index in [9.17, 15) is 0 Å². The summed E-state index contributed by atoms with van der Waals surface area (Å²) < 4.78 is 13.7. The highest BCUT2D eigenvalue weighted by Crippen LogP contribution is 2.62. The molecule has 4 nitrogen and oxygen atoms in total. The molecule has 1 aliphatic heterocycles. The summed E-state index contributed by atoms with van der Waals surface area (Å²) in [4.78, 5) is 10.3. The zero-order valence-corrected chi connectivity index (χ0v) is 31.8. The van der Waals surface area contributed by atoms with Gasteiger partial charge >= 0.3 is 0 Å². The second-order valence-electron chi connectivity index (χ2n) is 15.3. The lowest BCUT2D eigenvalue weighted by Crippen LogP contribution is -2.28. The fraction of sp³-hybridized carbons (Fsp3) is 0.0182. The van der Waals surface area contributed by atoms with Gasteiger partial charge in [0.2, 0.25) is 0 Å². The summed E-state index contributed by atoms with van der Waals surface area (Å²) in [6, 6.07) is 72.4. The molecule has 2 heterocycles. The molecule has 2 aliphatic rings. The number of hydrogen-bond donors (Lipinski definition) is 0. The van der Waals surface area contributed by atoms with E-state index in [0.29, 0.717) is 23.1 Å². The molecule has 0 saturated carbocycles. The van der Waals surface area contributed by atoms with E-state index >= 15 is 0 Å². The average Bonchev–Trinajstić information content (AvgIpc) is 3.62. The Hall–Kier alpha value is -7.82. The molecule has 1 aliphatic carbocycles. The molecule has 0 atom stereocenters. The Labute approximate surface area is 341 Å². The molecule has 0 spiro atoms. The molecular weight excluding hydrogens is 721 g/mol. The van der Waals surface area contributed by atoms with Gasteiger partial charge in [0.15, 0.2) is 28.8 Å². The number of benzene rings is 9. The third-order valence-corrected chi connectivity index (χ3v) is 12.0. The van der Waals surface area contributed by atoms with Gasteiger partial charge in [0.1, 0.15) is 0 Å². The van der Waals surface area contributed by atoms with Crippen molar-refractivity contribution < 1.29 is 9.47 Å². The lowest BCUT2D eigenvalue weighted by atomic mass is 9.68. The highest BCUT2D eigenvalue weighted by molar-refractivity contribution is 6.08. The first-order valence-corrected chi connectivity index (χ1v) is 20.0. The van der Waals surface area contributed by atoms with Gasteiger partial charge < -0.3 is 9.47 Å². The van der Waals surface area contributed by atoms with Crippen molar-refractivity contribution in [1.29, 1.82) is 0 Å². The Morgan fingerprint density at radius 1 is 0.373 bits per heavy atom. The van der Waals surface area contributed by atoms with Crippen LogP contribution in [0, 0.1) is 0 Å². The summed E-state index contributed by atoms with van der Waals surface area (Å²) in [6.07, 6.45) is 0. The molecule has 276 valence electrons. The first kappa shape index (κ1) is 33.3. The van der Waals surface area contributed by atoms with Crippen molar-refractivity contribution in [3.05, 3.63) is 229 Å². The first-order valence-electron chi connectivity index (χ1n) is 20.0. The molecule has 0 unspecified atom stereocenters. The summed E-state index contributed by atoms with van der Waals surface area (Å²) in [6.45, 7) is 0. The highest BCUT2D eigenvalue weighted by atomic mass is 16.6. The fourth-order valence-electron chi connectivity index (χ4n) is 9.36. The molecule has 4 heteroatoms. The minimum Gasteiger partial charge on any atom is -0.449 e. The molecule has 59 heavy (non-hydrogen) atoms. The Balaban J connectivity index is 0.973. The van der Waals surface area contributed by atoms with Gasteiger partial charge in [-0.3, -0.25) is 0 Å². The van der Waals surface area contributed by atoms with Crippen molar-refractivity contribution in [1.82, 2.24) is 9.97 Å². The van der Waals surface area contributed by atoms with E-state index in [4.69, 9.17) is 19.4 Å². The van der Waals surface area contributed by atoms with E-state index in [-0.39, 0.29) is 0 Å². The molecule has 0 saturated heterocycles. The summed E-state index contributed by atoms with van der Waals surface area (Å²) in [5.74, 6) is 3.26. The Bertz CT molecular complexity index is 3230. The second kappa shape index (κ2) is 13.1. The van der Waals surface area contributed by atoms with Gasteiger partial charge in [-0.15, -0.1) is 0 Å². The number of hydrogen-bond acceptors (Lipinski definition) is 4. The van der Waals surface area contributed by atoms with Gasteiger partial charge in [0.25, 0.3) is 0 Å².